The molecule has 3 rings (SSSR count). The molecule has 1 aliphatic heterocycles. The van der Waals surface area contributed by atoms with Crippen LogP contribution in [0.1, 0.15) is 30.1 Å². The van der Waals surface area contributed by atoms with Gasteiger partial charge in [0.25, 0.3) is 0 Å². The van der Waals surface area contributed by atoms with Crippen molar-refractivity contribution in [3.05, 3.63) is 40.3 Å². The first-order chi connectivity index (χ1) is 12.5. The third kappa shape index (κ3) is 4.61. The fraction of sp³-hybridized carbons (Fsp3) is 0.412. The lowest BCUT2D eigenvalue weighted by atomic mass is 10.1. The van der Waals surface area contributed by atoms with Crippen LogP contribution < -0.4 is 11.0 Å². The Kier molecular flexibility index (Phi) is 5.89. The van der Waals surface area contributed by atoms with Crippen LogP contribution in [-0.4, -0.2) is 44.9 Å². The van der Waals surface area contributed by atoms with Crippen LogP contribution in [-0.2, 0) is 16.1 Å². The van der Waals surface area contributed by atoms with Crippen LogP contribution in [0.25, 0.3) is 0 Å². The summed E-state index contributed by atoms with van der Waals surface area (Å²) in [5.41, 5.74) is 0.879. The van der Waals surface area contributed by atoms with Crippen LogP contribution in [0.15, 0.2) is 34.2 Å². The lowest BCUT2D eigenvalue weighted by Crippen LogP contribution is -2.25. The summed E-state index contributed by atoms with van der Waals surface area (Å²) in [5.74, 6) is -0.0826. The molecule has 1 aliphatic rings. The third-order valence-corrected chi connectivity index (χ3v) is 4.97. The zero-order chi connectivity index (χ0) is 18.5. The highest BCUT2D eigenvalue weighted by atomic mass is 32.2. The summed E-state index contributed by atoms with van der Waals surface area (Å²) in [4.78, 5) is 35.3. The molecule has 0 radical (unpaired) electrons. The molecule has 8 nitrogen and oxygen atoms in total. The van der Waals surface area contributed by atoms with E-state index >= 15 is 0 Å². The van der Waals surface area contributed by atoms with Crippen molar-refractivity contribution in [2.24, 2.45) is 0 Å². The largest absolute Gasteiger partial charge is 0.376 e. The van der Waals surface area contributed by atoms with E-state index in [1.165, 1.54) is 23.3 Å². The van der Waals surface area contributed by atoms with Gasteiger partial charge in [0.2, 0.25) is 5.91 Å². The number of anilines is 1. The molecule has 1 aromatic heterocycles. The van der Waals surface area contributed by atoms with Crippen LogP contribution in [0.2, 0.25) is 0 Å². The Morgan fingerprint density at radius 2 is 2.15 bits per heavy atom. The molecule has 1 aromatic carbocycles. The number of benzene rings is 1. The first-order valence-electron chi connectivity index (χ1n) is 8.33. The highest BCUT2D eigenvalue weighted by Gasteiger charge is 2.20. The summed E-state index contributed by atoms with van der Waals surface area (Å²) in [6.07, 6.45) is 1.93. The second-order valence-electron chi connectivity index (χ2n) is 6.03. The van der Waals surface area contributed by atoms with Crippen LogP contribution >= 0.6 is 11.8 Å². The second-order valence-corrected chi connectivity index (χ2v) is 6.97. The number of nitrogens with zero attached hydrogens (tertiary/aromatic N) is 2. The number of hydrogen-bond donors (Lipinski definition) is 2. The van der Waals surface area contributed by atoms with Crippen LogP contribution in [0.5, 0.6) is 0 Å². The Labute approximate surface area is 154 Å². The average molecular weight is 376 g/mol. The molecule has 1 fully saturated rings. The lowest BCUT2D eigenvalue weighted by Gasteiger charge is -2.10. The van der Waals surface area contributed by atoms with Crippen LogP contribution in [0.4, 0.5) is 5.69 Å². The lowest BCUT2D eigenvalue weighted by molar-refractivity contribution is -0.114. The summed E-state index contributed by atoms with van der Waals surface area (Å²) in [6.45, 7) is 2.58. The number of nitrogens with one attached hydrogen (secondary N) is 2. The Hall–Kier alpha value is -2.39. The van der Waals surface area contributed by atoms with E-state index in [2.05, 4.69) is 15.5 Å². The van der Waals surface area contributed by atoms with E-state index in [0.717, 1.165) is 12.8 Å². The van der Waals surface area contributed by atoms with Crippen molar-refractivity contribution in [1.29, 1.82) is 0 Å². The van der Waals surface area contributed by atoms with E-state index in [-0.39, 0.29) is 29.2 Å². The molecule has 2 aromatic rings. The molecule has 0 bridgehead atoms. The van der Waals surface area contributed by atoms with Crippen molar-refractivity contribution in [2.75, 3.05) is 17.7 Å². The Morgan fingerprint density at radius 1 is 1.38 bits per heavy atom. The molecule has 0 unspecified atom stereocenters. The number of aromatic nitrogens is 3. The highest BCUT2D eigenvalue weighted by Crippen LogP contribution is 2.19. The number of thioether (sulfide) groups is 1. The molecule has 1 amide bonds. The number of rotatable bonds is 7. The molecule has 9 heteroatoms. The first kappa shape index (κ1) is 18.4. The molecular formula is C17H20N4O4S. The summed E-state index contributed by atoms with van der Waals surface area (Å²) in [7, 11) is 0. The van der Waals surface area contributed by atoms with Crippen molar-refractivity contribution < 1.29 is 14.3 Å². The van der Waals surface area contributed by atoms with Crippen molar-refractivity contribution in [2.45, 2.75) is 37.6 Å². The topological polar surface area (TPSA) is 106 Å². The van der Waals surface area contributed by atoms with Gasteiger partial charge in [-0.1, -0.05) is 11.8 Å². The zero-order valence-corrected chi connectivity index (χ0v) is 15.2. The SMILES string of the molecule is CC(=O)Nc1ccc(C(=O)CSc2n[nH]c(=O)n2C[C@H]2CCCO2)cc1. The fourth-order valence-corrected chi connectivity index (χ4v) is 3.57. The molecule has 0 spiro atoms. The normalized spacial score (nSPS) is 16.6. The summed E-state index contributed by atoms with van der Waals surface area (Å²) in [6, 6.07) is 6.69. The van der Waals surface area contributed by atoms with E-state index in [0.29, 0.717) is 29.6 Å². The number of ether oxygens (including phenoxy) is 1. The number of carbonyl (C=O) groups excluding carboxylic acids is 2. The third-order valence-electron chi connectivity index (χ3n) is 3.99. The van der Waals surface area contributed by atoms with Crippen LogP contribution in [0.3, 0.4) is 0 Å². The predicted molar refractivity (Wildman–Crippen MR) is 97.6 cm³/mol. The zero-order valence-electron chi connectivity index (χ0n) is 14.4. The van der Waals surface area contributed by atoms with E-state index in [1.54, 1.807) is 24.3 Å². The summed E-state index contributed by atoms with van der Waals surface area (Å²) >= 11 is 1.21. The smallest absolute Gasteiger partial charge is 0.344 e. The molecule has 138 valence electrons. The maximum absolute atomic E-state index is 12.4. The predicted octanol–water partition coefficient (Wildman–Crippen LogP) is 1.68. The van der Waals surface area contributed by atoms with Crippen molar-refractivity contribution in [3.8, 4) is 0 Å². The Balaban J connectivity index is 1.61. The maximum atomic E-state index is 12.4. The van der Waals surface area contributed by atoms with E-state index < -0.39 is 0 Å². The average Bonchev–Trinajstić information content (AvgIpc) is 3.24. The van der Waals surface area contributed by atoms with E-state index in [1.807, 2.05) is 0 Å². The van der Waals surface area contributed by atoms with Gasteiger partial charge in [-0.3, -0.25) is 14.2 Å². The fourth-order valence-electron chi connectivity index (χ4n) is 2.72. The van der Waals surface area contributed by atoms with Gasteiger partial charge in [-0.2, -0.15) is 0 Å². The van der Waals surface area contributed by atoms with Gasteiger partial charge in [0, 0.05) is 24.8 Å². The molecule has 1 saturated heterocycles. The van der Waals surface area contributed by atoms with Gasteiger partial charge in [-0.25, -0.2) is 9.89 Å². The number of amides is 1. The molecule has 1 atom stereocenters. The number of Topliss-reactive ketones (excluding diaryl/α,β-unsaturated/α-hetero) is 1. The van der Waals surface area contributed by atoms with Gasteiger partial charge >= 0.3 is 5.69 Å². The van der Waals surface area contributed by atoms with E-state index in [4.69, 9.17) is 4.74 Å². The summed E-state index contributed by atoms with van der Waals surface area (Å²) < 4.78 is 7.08. The first-order valence-corrected chi connectivity index (χ1v) is 9.32. The van der Waals surface area contributed by atoms with Crippen molar-refractivity contribution >= 4 is 29.1 Å². The highest BCUT2D eigenvalue weighted by molar-refractivity contribution is 7.99. The minimum Gasteiger partial charge on any atom is -0.376 e. The van der Waals surface area contributed by atoms with Gasteiger partial charge in [0.1, 0.15) is 0 Å². The minimum atomic E-state index is -0.296. The van der Waals surface area contributed by atoms with Gasteiger partial charge in [0.15, 0.2) is 10.9 Å². The number of carbonyl (C=O) groups is 2. The summed E-state index contributed by atoms with van der Waals surface area (Å²) in [5, 5.41) is 9.57. The molecule has 0 aliphatic carbocycles. The minimum absolute atomic E-state index is 0.0154. The van der Waals surface area contributed by atoms with Crippen molar-refractivity contribution in [3.63, 3.8) is 0 Å². The Bertz CT molecular complexity index is 837. The van der Waals surface area contributed by atoms with E-state index in [9.17, 15) is 14.4 Å². The monoisotopic (exact) mass is 376 g/mol. The number of ketones is 1. The number of aromatic amines is 1. The van der Waals surface area contributed by atoms with Crippen LogP contribution in [0, 0.1) is 0 Å². The quantitative estimate of drug-likeness (QED) is 0.563. The van der Waals surface area contributed by atoms with Gasteiger partial charge in [-0.05, 0) is 37.1 Å². The van der Waals surface area contributed by atoms with Gasteiger partial charge in [0.05, 0.1) is 18.4 Å². The van der Waals surface area contributed by atoms with Crippen molar-refractivity contribution in [1.82, 2.24) is 14.8 Å². The second kappa shape index (κ2) is 8.33. The molecule has 2 N–H and O–H groups in total. The molecule has 0 saturated carbocycles. The molecule has 2 heterocycles. The van der Waals surface area contributed by atoms with Gasteiger partial charge in [-0.15, -0.1) is 5.10 Å². The Morgan fingerprint density at radius 3 is 2.81 bits per heavy atom. The molecular weight excluding hydrogens is 356 g/mol. The molecule has 26 heavy (non-hydrogen) atoms. The van der Waals surface area contributed by atoms with Gasteiger partial charge < -0.3 is 10.1 Å². The maximum Gasteiger partial charge on any atom is 0.344 e. The number of hydrogen-bond acceptors (Lipinski definition) is 6. The standard InChI is InChI=1S/C17H20N4O4S/c1-11(22)18-13-6-4-12(5-7-13)15(23)10-26-17-20-19-16(24)21(17)9-14-3-2-8-25-14/h4-7,14H,2-3,8-10H2,1H3,(H,18,22)(H,19,24)/t14-/m1/s1. The number of H-pyrrole nitrogens is 1.